The smallest absolute Gasteiger partial charge is 0.155 e. The van der Waals surface area contributed by atoms with E-state index < -0.39 is 0 Å². The Morgan fingerprint density at radius 1 is 1.37 bits per heavy atom. The van der Waals surface area contributed by atoms with Crippen LogP contribution in [-0.2, 0) is 6.42 Å². The molecular weight excluding hydrogens is 260 g/mol. The standard InChI is InChI=1S/C15H23ClN2O/c1-5-11-9-8-10-13(14(11)16)19-12(6-2)15(17-4)18-7-3/h8-10,12H,5-7H2,1-4H3,(H,17,18). The quantitative estimate of drug-likeness (QED) is 0.638. The van der Waals surface area contributed by atoms with E-state index in [0.29, 0.717) is 5.02 Å². The van der Waals surface area contributed by atoms with Crippen molar-refractivity contribution in [2.24, 2.45) is 4.99 Å². The largest absolute Gasteiger partial charge is 0.481 e. The zero-order valence-electron chi connectivity index (χ0n) is 12.2. The zero-order valence-corrected chi connectivity index (χ0v) is 12.9. The van der Waals surface area contributed by atoms with Crippen molar-refractivity contribution in [1.82, 2.24) is 5.32 Å². The van der Waals surface area contributed by atoms with Gasteiger partial charge in [-0.3, -0.25) is 4.99 Å². The monoisotopic (exact) mass is 282 g/mol. The molecular formula is C15H23ClN2O. The van der Waals surface area contributed by atoms with Crippen LogP contribution in [0.3, 0.4) is 0 Å². The number of hydrogen-bond donors (Lipinski definition) is 1. The first-order valence-electron chi connectivity index (χ1n) is 6.82. The SMILES string of the molecule is CCNC(=NC)C(CC)Oc1cccc(CC)c1Cl. The fourth-order valence-electron chi connectivity index (χ4n) is 1.92. The second kappa shape index (κ2) is 8.05. The molecule has 1 aromatic carbocycles. The van der Waals surface area contributed by atoms with Gasteiger partial charge in [0.05, 0.1) is 5.02 Å². The number of hydrogen-bond acceptors (Lipinski definition) is 2. The predicted octanol–water partition coefficient (Wildman–Crippen LogP) is 3.70. The lowest BCUT2D eigenvalue weighted by molar-refractivity contribution is 0.258. The summed E-state index contributed by atoms with van der Waals surface area (Å²) in [6.07, 6.45) is 1.65. The van der Waals surface area contributed by atoms with Crippen molar-refractivity contribution in [3.63, 3.8) is 0 Å². The summed E-state index contributed by atoms with van der Waals surface area (Å²) < 4.78 is 6.02. The van der Waals surface area contributed by atoms with Gasteiger partial charge in [0.25, 0.3) is 0 Å². The van der Waals surface area contributed by atoms with Gasteiger partial charge in [0.15, 0.2) is 6.10 Å². The predicted molar refractivity (Wildman–Crippen MR) is 82.6 cm³/mol. The molecule has 1 unspecified atom stereocenters. The summed E-state index contributed by atoms with van der Waals surface area (Å²) >= 11 is 6.35. The van der Waals surface area contributed by atoms with Gasteiger partial charge in [-0.15, -0.1) is 0 Å². The Morgan fingerprint density at radius 2 is 2.11 bits per heavy atom. The number of nitrogens with one attached hydrogen (secondary N) is 1. The number of likely N-dealkylation sites (N-methyl/N-ethyl adjacent to an activating group) is 1. The molecule has 106 valence electrons. The number of amidine groups is 1. The summed E-state index contributed by atoms with van der Waals surface area (Å²) in [5, 5.41) is 3.94. The second-order valence-corrected chi connectivity index (χ2v) is 4.61. The third-order valence-electron chi connectivity index (χ3n) is 2.97. The Kier molecular flexibility index (Phi) is 6.71. The minimum atomic E-state index is -0.0884. The van der Waals surface area contributed by atoms with Crippen molar-refractivity contribution in [2.75, 3.05) is 13.6 Å². The molecule has 0 radical (unpaired) electrons. The summed E-state index contributed by atoms with van der Waals surface area (Å²) in [6, 6.07) is 5.90. The van der Waals surface area contributed by atoms with Gasteiger partial charge in [-0.05, 0) is 31.4 Å². The zero-order chi connectivity index (χ0) is 14.3. The lowest BCUT2D eigenvalue weighted by atomic mass is 10.1. The van der Waals surface area contributed by atoms with Gasteiger partial charge >= 0.3 is 0 Å². The third-order valence-corrected chi connectivity index (χ3v) is 3.40. The van der Waals surface area contributed by atoms with E-state index >= 15 is 0 Å². The Balaban J connectivity index is 2.92. The molecule has 1 N–H and O–H groups in total. The normalized spacial score (nSPS) is 13.2. The molecule has 3 nitrogen and oxygen atoms in total. The van der Waals surface area contributed by atoms with Gasteiger partial charge in [0.2, 0.25) is 0 Å². The van der Waals surface area contributed by atoms with E-state index in [0.717, 1.165) is 36.5 Å². The Labute approximate surface area is 121 Å². The topological polar surface area (TPSA) is 33.6 Å². The van der Waals surface area contributed by atoms with Crippen LogP contribution in [0.15, 0.2) is 23.2 Å². The fourth-order valence-corrected chi connectivity index (χ4v) is 2.23. The molecule has 0 bridgehead atoms. The number of benzene rings is 1. The lowest BCUT2D eigenvalue weighted by Crippen LogP contribution is -2.38. The van der Waals surface area contributed by atoms with Crippen LogP contribution >= 0.6 is 11.6 Å². The molecule has 0 aliphatic rings. The van der Waals surface area contributed by atoms with Gasteiger partial charge in [-0.2, -0.15) is 0 Å². The Morgan fingerprint density at radius 3 is 2.63 bits per heavy atom. The van der Waals surface area contributed by atoms with Crippen LogP contribution in [0.5, 0.6) is 5.75 Å². The van der Waals surface area contributed by atoms with E-state index in [1.807, 2.05) is 25.1 Å². The number of halogens is 1. The molecule has 0 saturated heterocycles. The van der Waals surface area contributed by atoms with Crippen molar-refractivity contribution in [3.05, 3.63) is 28.8 Å². The van der Waals surface area contributed by atoms with E-state index in [2.05, 4.69) is 24.2 Å². The van der Waals surface area contributed by atoms with E-state index in [1.54, 1.807) is 7.05 Å². The maximum absolute atomic E-state index is 6.35. The molecule has 0 amide bonds. The summed E-state index contributed by atoms with van der Waals surface area (Å²) in [4.78, 5) is 4.25. The maximum Gasteiger partial charge on any atom is 0.155 e. The number of rotatable bonds is 6. The molecule has 0 aliphatic heterocycles. The van der Waals surface area contributed by atoms with Crippen LogP contribution in [0.4, 0.5) is 0 Å². The summed E-state index contributed by atoms with van der Waals surface area (Å²) in [6.45, 7) is 7.03. The number of aliphatic imine (C=N–C) groups is 1. The molecule has 0 fully saturated rings. The molecule has 0 saturated carbocycles. The molecule has 4 heteroatoms. The lowest BCUT2D eigenvalue weighted by Gasteiger charge is -2.21. The van der Waals surface area contributed by atoms with Crippen LogP contribution in [0.2, 0.25) is 5.02 Å². The van der Waals surface area contributed by atoms with Crippen LogP contribution in [0.25, 0.3) is 0 Å². The van der Waals surface area contributed by atoms with E-state index in [1.165, 1.54) is 0 Å². The first kappa shape index (κ1) is 15.8. The average Bonchev–Trinajstić information content (AvgIpc) is 2.44. The highest BCUT2D eigenvalue weighted by Crippen LogP contribution is 2.29. The summed E-state index contributed by atoms with van der Waals surface area (Å²) in [5.74, 6) is 1.59. The minimum absolute atomic E-state index is 0.0884. The second-order valence-electron chi connectivity index (χ2n) is 4.24. The molecule has 19 heavy (non-hydrogen) atoms. The van der Waals surface area contributed by atoms with Gasteiger partial charge < -0.3 is 10.1 Å². The van der Waals surface area contributed by atoms with Crippen molar-refractivity contribution in [1.29, 1.82) is 0 Å². The number of ether oxygens (including phenoxy) is 1. The first-order chi connectivity index (χ1) is 9.17. The van der Waals surface area contributed by atoms with Gasteiger partial charge in [0, 0.05) is 13.6 Å². The van der Waals surface area contributed by atoms with Gasteiger partial charge in [0.1, 0.15) is 11.6 Å². The van der Waals surface area contributed by atoms with Gasteiger partial charge in [-0.1, -0.05) is 37.6 Å². The van der Waals surface area contributed by atoms with Crippen LogP contribution in [0, 0.1) is 0 Å². The van der Waals surface area contributed by atoms with E-state index in [9.17, 15) is 0 Å². The molecule has 0 aliphatic carbocycles. The third kappa shape index (κ3) is 4.13. The number of aryl methyl sites for hydroxylation is 1. The van der Waals surface area contributed by atoms with Crippen LogP contribution in [0.1, 0.15) is 32.8 Å². The molecule has 0 spiro atoms. The average molecular weight is 283 g/mol. The van der Waals surface area contributed by atoms with E-state index in [-0.39, 0.29) is 6.10 Å². The van der Waals surface area contributed by atoms with Crippen molar-refractivity contribution < 1.29 is 4.74 Å². The fraction of sp³-hybridized carbons (Fsp3) is 0.533. The Bertz CT molecular complexity index is 432. The number of nitrogens with zero attached hydrogens (tertiary/aromatic N) is 1. The van der Waals surface area contributed by atoms with E-state index in [4.69, 9.17) is 16.3 Å². The summed E-state index contributed by atoms with van der Waals surface area (Å²) in [5.41, 5.74) is 1.10. The van der Waals surface area contributed by atoms with Crippen molar-refractivity contribution in [3.8, 4) is 5.75 Å². The van der Waals surface area contributed by atoms with Crippen molar-refractivity contribution in [2.45, 2.75) is 39.7 Å². The van der Waals surface area contributed by atoms with Gasteiger partial charge in [-0.25, -0.2) is 0 Å². The highest BCUT2D eigenvalue weighted by Gasteiger charge is 2.17. The molecule has 1 rings (SSSR count). The van der Waals surface area contributed by atoms with Crippen LogP contribution < -0.4 is 10.1 Å². The summed E-state index contributed by atoms with van der Waals surface area (Å²) in [7, 11) is 1.77. The highest BCUT2D eigenvalue weighted by molar-refractivity contribution is 6.32. The Hall–Kier alpha value is -1.22. The first-order valence-corrected chi connectivity index (χ1v) is 7.20. The molecule has 0 heterocycles. The molecule has 1 aromatic rings. The van der Waals surface area contributed by atoms with Crippen LogP contribution in [-0.4, -0.2) is 25.5 Å². The maximum atomic E-state index is 6.35. The molecule has 0 aromatic heterocycles. The van der Waals surface area contributed by atoms with Crippen molar-refractivity contribution >= 4 is 17.4 Å². The minimum Gasteiger partial charge on any atom is -0.481 e. The molecule has 1 atom stereocenters. The highest BCUT2D eigenvalue weighted by atomic mass is 35.5.